The molecule has 2 aliphatic heterocycles. The average molecular weight is 418 g/mol. The molecular formula is C16H31BN4O6S. The molecule has 2 heterocycles. The number of carboxylic acid groups (broad SMARTS) is 1. The largest absolute Gasteiger partial charge is 0.480 e. The van der Waals surface area contributed by atoms with Gasteiger partial charge in [-0.15, -0.1) is 0 Å². The zero-order valence-corrected chi connectivity index (χ0v) is 16.9. The molecule has 1 aliphatic carbocycles. The lowest BCUT2D eigenvalue weighted by Gasteiger charge is -2.41. The average Bonchev–Trinajstić information content (AvgIpc) is 3.19. The van der Waals surface area contributed by atoms with E-state index in [4.69, 9.17) is 15.8 Å². The van der Waals surface area contributed by atoms with Crippen LogP contribution in [0.3, 0.4) is 0 Å². The van der Waals surface area contributed by atoms with Gasteiger partial charge in [0.15, 0.2) is 0 Å². The third-order valence-electron chi connectivity index (χ3n) is 6.43. The Morgan fingerprint density at radius 1 is 1.29 bits per heavy atom. The van der Waals surface area contributed by atoms with E-state index in [0.29, 0.717) is 19.4 Å². The summed E-state index contributed by atoms with van der Waals surface area (Å²) in [6.45, 7) is 1.15. The molecule has 3 aliphatic rings. The first-order chi connectivity index (χ1) is 13.2. The minimum atomic E-state index is -3.84. The highest BCUT2D eigenvalue weighted by molar-refractivity contribution is 7.86. The van der Waals surface area contributed by atoms with E-state index in [-0.39, 0.29) is 31.5 Å². The summed E-state index contributed by atoms with van der Waals surface area (Å²) >= 11 is 0. The van der Waals surface area contributed by atoms with Crippen LogP contribution in [0.1, 0.15) is 38.5 Å². The van der Waals surface area contributed by atoms with E-state index in [2.05, 4.69) is 5.32 Å². The highest BCUT2D eigenvalue weighted by atomic mass is 32.2. The predicted molar refractivity (Wildman–Crippen MR) is 104 cm³/mol. The van der Waals surface area contributed by atoms with Crippen molar-refractivity contribution in [1.82, 2.24) is 13.9 Å². The maximum Gasteiger partial charge on any atom is 0.451 e. The Labute approximate surface area is 166 Å². The van der Waals surface area contributed by atoms with Crippen LogP contribution in [-0.4, -0.2) is 89.1 Å². The van der Waals surface area contributed by atoms with Crippen molar-refractivity contribution >= 4 is 23.3 Å². The number of carboxylic acids is 1. The zero-order valence-electron chi connectivity index (χ0n) is 16.0. The quantitative estimate of drug-likeness (QED) is 0.281. The fourth-order valence-corrected chi connectivity index (χ4v) is 6.67. The van der Waals surface area contributed by atoms with Crippen LogP contribution in [0, 0.1) is 5.92 Å². The Balaban J connectivity index is 1.79. The molecule has 2 saturated heterocycles. The number of nitrogens with two attached hydrogens (primary N) is 1. The van der Waals surface area contributed by atoms with Crippen molar-refractivity contribution in [1.29, 1.82) is 0 Å². The normalized spacial score (nSPS) is 32.0. The van der Waals surface area contributed by atoms with Crippen molar-refractivity contribution < 1.29 is 28.4 Å². The molecule has 0 amide bonds. The lowest BCUT2D eigenvalue weighted by Crippen LogP contribution is -2.58. The molecule has 0 aromatic carbocycles. The SMILES string of the molecule is N[C@@]1(C(=O)O)CN(S(=O)(=O)N(C2CCC2)[C@H]2CCNC2)C[C@@H]1CCCB(O)O. The summed E-state index contributed by atoms with van der Waals surface area (Å²) in [6.07, 6.45) is 4.18. The Morgan fingerprint density at radius 3 is 2.50 bits per heavy atom. The van der Waals surface area contributed by atoms with Gasteiger partial charge in [0.1, 0.15) is 5.54 Å². The minimum absolute atomic E-state index is 0.0320. The van der Waals surface area contributed by atoms with Gasteiger partial charge >= 0.3 is 13.1 Å². The summed E-state index contributed by atoms with van der Waals surface area (Å²) in [4.78, 5) is 11.9. The third kappa shape index (κ3) is 4.23. The van der Waals surface area contributed by atoms with Crippen molar-refractivity contribution in [3.63, 3.8) is 0 Å². The molecule has 0 aromatic rings. The molecular weight excluding hydrogens is 387 g/mol. The van der Waals surface area contributed by atoms with E-state index < -0.39 is 34.8 Å². The summed E-state index contributed by atoms with van der Waals surface area (Å²) < 4.78 is 29.8. The highest BCUT2D eigenvalue weighted by Crippen LogP contribution is 2.37. The zero-order chi connectivity index (χ0) is 20.5. The fraction of sp³-hybridized carbons (Fsp3) is 0.938. The van der Waals surface area contributed by atoms with Crippen LogP contribution in [0.4, 0.5) is 0 Å². The number of aliphatic carboxylic acids is 1. The summed E-state index contributed by atoms with van der Waals surface area (Å²) in [5, 5.41) is 30.9. The van der Waals surface area contributed by atoms with E-state index in [1.165, 1.54) is 4.31 Å². The maximum absolute atomic E-state index is 13.5. The highest BCUT2D eigenvalue weighted by Gasteiger charge is 2.54. The van der Waals surface area contributed by atoms with E-state index in [0.717, 1.165) is 32.2 Å². The van der Waals surface area contributed by atoms with Crippen LogP contribution < -0.4 is 11.1 Å². The van der Waals surface area contributed by atoms with Gasteiger partial charge in [-0.1, -0.05) is 12.8 Å². The topological polar surface area (TPSA) is 156 Å². The molecule has 0 radical (unpaired) electrons. The van der Waals surface area contributed by atoms with Gasteiger partial charge in [0.2, 0.25) is 0 Å². The number of nitrogens with zero attached hydrogens (tertiary/aromatic N) is 2. The first-order valence-corrected chi connectivity index (χ1v) is 11.4. The molecule has 3 rings (SSSR count). The molecule has 12 heteroatoms. The fourth-order valence-electron chi connectivity index (χ4n) is 4.51. The van der Waals surface area contributed by atoms with E-state index >= 15 is 0 Å². The van der Waals surface area contributed by atoms with Crippen LogP contribution in [0.25, 0.3) is 0 Å². The van der Waals surface area contributed by atoms with Gasteiger partial charge in [-0.05, 0) is 38.5 Å². The Hall–Kier alpha value is -0.755. The second kappa shape index (κ2) is 8.54. The van der Waals surface area contributed by atoms with Gasteiger partial charge in [-0.2, -0.15) is 17.0 Å². The van der Waals surface area contributed by atoms with Crippen molar-refractivity contribution in [2.24, 2.45) is 11.7 Å². The first kappa shape index (κ1) is 21.9. The molecule has 3 atom stereocenters. The van der Waals surface area contributed by atoms with Crippen molar-refractivity contribution in [2.45, 2.75) is 62.5 Å². The number of hydrogen-bond acceptors (Lipinski definition) is 7. The van der Waals surface area contributed by atoms with Gasteiger partial charge in [0.25, 0.3) is 10.2 Å². The van der Waals surface area contributed by atoms with Crippen molar-refractivity contribution in [3.05, 3.63) is 0 Å². The van der Waals surface area contributed by atoms with Gasteiger partial charge in [-0.25, -0.2) is 0 Å². The van der Waals surface area contributed by atoms with Crippen LogP contribution in [0.2, 0.25) is 6.32 Å². The Kier molecular flexibility index (Phi) is 6.70. The first-order valence-electron chi connectivity index (χ1n) is 10.0. The standard InChI is InChI=1S/C16H31BN4O6S/c18-16(15(22)23)11-20(10-12(16)3-2-7-17(24)25)28(26,27)21(13-4-1-5-13)14-6-8-19-9-14/h12-14,19,24-25H,1-11,18H2,(H,22,23)/t12-,14-,16-/m0/s1. The van der Waals surface area contributed by atoms with E-state index in [9.17, 15) is 18.3 Å². The summed E-state index contributed by atoms with van der Waals surface area (Å²) in [7, 11) is -5.31. The molecule has 0 bridgehead atoms. The van der Waals surface area contributed by atoms with Crippen molar-refractivity contribution in [3.8, 4) is 0 Å². The van der Waals surface area contributed by atoms with Gasteiger partial charge in [0, 0.05) is 37.6 Å². The summed E-state index contributed by atoms with van der Waals surface area (Å²) in [6, 6.07) is -0.147. The van der Waals surface area contributed by atoms with Crippen LogP contribution in [-0.2, 0) is 15.0 Å². The van der Waals surface area contributed by atoms with Crippen molar-refractivity contribution in [2.75, 3.05) is 26.2 Å². The van der Waals surface area contributed by atoms with E-state index in [1.807, 2.05) is 0 Å². The number of carbonyl (C=O) groups is 1. The molecule has 6 N–H and O–H groups in total. The van der Waals surface area contributed by atoms with Crippen LogP contribution in [0.5, 0.6) is 0 Å². The number of rotatable bonds is 9. The molecule has 1 saturated carbocycles. The Morgan fingerprint density at radius 2 is 2.00 bits per heavy atom. The van der Waals surface area contributed by atoms with Gasteiger partial charge in [-0.3, -0.25) is 4.79 Å². The molecule has 0 unspecified atom stereocenters. The number of hydrogen-bond donors (Lipinski definition) is 5. The minimum Gasteiger partial charge on any atom is -0.480 e. The summed E-state index contributed by atoms with van der Waals surface area (Å²) in [5.74, 6) is -1.80. The summed E-state index contributed by atoms with van der Waals surface area (Å²) in [5.41, 5.74) is 4.49. The van der Waals surface area contributed by atoms with Crippen LogP contribution >= 0.6 is 0 Å². The molecule has 3 fully saturated rings. The molecule has 0 spiro atoms. The smallest absolute Gasteiger partial charge is 0.451 e. The van der Waals surface area contributed by atoms with Crippen LogP contribution in [0.15, 0.2) is 0 Å². The third-order valence-corrected chi connectivity index (χ3v) is 8.48. The molecule has 0 aromatic heterocycles. The lowest BCUT2D eigenvalue weighted by atomic mass is 9.78. The second-order valence-electron chi connectivity index (χ2n) is 8.32. The van der Waals surface area contributed by atoms with E-state index in [1.54, 1.807) is 4.31 Å². The second-order valence-corrected chi connectivity index (χ2v) is 10.1. The van der Waals surface area contributed by atoms with Gasteiger partial charge in [0.05, 0.1) is 0 Å². The van der Waals surface area contributed by atoms with Gasteiger partial charge < -0.3 is 26.2 Å². The Bertz CT molecular complexity index is 670. The molecule has 10 nitrogen and oxygen atoms in total. The lowest BCUT2D eigenvalue weighted by molar-refractivity contribution is -0.144. The monoisotopic (exact) mass is 418 g/mol. The maximum atomic E-state index is 13.5. The molecule has 28 heavy (non-hydrogen) atoms. The number of nitrogens with one attached hydrogen (secondary N) is 1. The molecule has 160 valence electrons. The predicted octanol–water partition coefficient (Wildman–Crippen LogP) is -1.59.